The molecule has 0 atom stereocenters. The second-order valence-corrected chi connectivity index (χ2v) is 3.40. The zero-order valence-electron chi connectivity index (χ0n) is 9.37. The second kappa shape index (κ2) is 3.89. The molecule has 0 bridgehead atoms. The minimum Gasteiger partial charge on any atom is -0.496 e. The van der Waals surface area contributed by atoms with Gasteiger partial charge in [-0.15, -0.1) is 0 Å². The van der Waals surface area contributed by atoms with Crippen LogP contribution in [0.5, 0.6) is 11.5 Å². The normalized spacial score (nSPS) is 10.4. The van der Waals surface area contributed by atoms with Crippen LogP contribution in [0.3, 0.4) is 0 Å². The van der Waals surface area contributed by atoms with Crippen molar-refractivity contribution in [3.8, 4) is 11.5 Å². The SMILES string of the molecule is COc1cc(OC)c2oc(=O)ccc2c1C. The molecule has 16 heavy (non-hydrogen) atoms. The van der Waals surface area contributed by atoms with Crippen molar-refractivity contribution in [3.05, 3.63) is 34.2 Å². The highest BCUT2D eigenvalue weighted by Gasteiger charge is 2.12. The van der Waals surface area contributed by atoms with E-state index in [-0.39, 0.29) is 0 Å². The molecule has 0 amide bonds. The van der Waals surface area contributed by atoms with Gasteiger partial charge >= 0.3 is 5.63 Å². The summed E-state index contributed by atoms with van der Waals surface area (Å²) in [5.41, 5.74) is 0.978. The first kappa shape index (κ1) is 10.5. The average molecular weight is 220 g/mol. The summed E-state index contributed by atoms with van der Waals surface area (Å²) in [7, 11) is 3.11. The average Bonchev–Trinajstić information content (AvgIpc) is 2.29. The molecule has 4 heteroatoms. The summed E-state index contributed by atoms with van der Waals surface area (Å²) >= 11 is 0. The van der Waals surface area contributed by atoms with Crippen LogP contribution in [0.15, 0.2) is 27.4 Å². The highest BCUT2D eigenvalue weighted by Crippen LogP contribution is 2.34. The van der Waals surface area contributed by atoms with Gasteiger partial charge in [0.1, 0.15) is 5.75 Å². The molecule has 0 unspecified atom stereocenters. The fourth-order valence-corrected chi connectivity index (χ4v) is 1.68. The van der Waals surface area contributed by atoms with Crippen molar-refractivity contribution in [2.24, 2.45) is 0 Å². The quantitative estimate of drug-likeness (QED) is 0.727. The minimum absolute atomic E-state index is 0.393. The van der Waals surface area contributed by atoms with Gasteiger partial charge in [-0.3, -0.25) is 0 Å². The van der Waals surface area contributed by atoms with Crippen LogP contribution in [-0.4, -0.2) is 14.2 Å². The Morgan fingerprint density at radius 3 is 2.44 bits per heavy atom. The fraction of sp³-hybridized carbons (Fsp3) is 0.250. The third-order valence-corrected chi connectivity index (χ3v) is 2.53. The molecule has 84 valence electrons. The van der Waals surface area contributed by atoms with Gasteiger partial charge in [-0.1, -0.05) is 0 Å². The van der Waals surface area contributed by atoms with E-state index in [9.17, 15) is 4.79 Å². The summed E-state index contributed by atoms with van der Waals surface area (Å²) in [4.78, 5) is 11.2. The molecular formula is C12H12O4. The van der Waals surface area contributed by atoms with E-state index in [1.165, 1.54) is 13.2 Å². The third-order valence-electron chi connectivity index (χ3n) is 2.53. The van der Waals surface area contributed by atoms with E-state index in [0.29, 0.717) is 17.1 Å². The lowest BCUT2D eigenvalue weighted by Gasteiger charge is -2.10. The number of ether oxygens (including phenoxy) is 2. The van der Waals surface area contributed by atoms with Crippen molar-refractivity contribution in [2.45, 2.75) is 6.92 Å². The predicted molar refractivity (Wildman–Crippen MR) is 60.3 cm³/mol. The lowest BCUT2D eigenvalue weighted by molar-refractivity contribution is 0.388. The van der Waals surface area contributed by atoms with Gasteiger partial charge in [0.2, 0.25) is 0 Å². The van der Waals surface area contributed by atoms with Gasteiger partial charge in [-0.2, -0.15) is 0 Å². The van der Waals surface area contributed by atoms with Crippen LogP contribution in [0.25, 0.3) is 11.0 Å². The van der Waals surface area contributed by atoms with E-state index >= 15 is 0 Å². The largest absolute Gasteiger partial charge is 0.496 e. The van der Waals surface area contributed by atoms with Crippen LogP contribution in [0.4, 0.5) is 0 Å². The maximum atomic E-state index is 11.2. The first-order valence-electron chi connectivity index (χ1n) is 4.83. The van der Waals surface area contributed by atoms with Crippen LogP contribution in [0.2, 0.25) is 0 Å². The number of rotatable bonds is 2. The molecule has 2 aromatic rings. The Labute approximate surface area is 92.4 Å². The van der Waals surface area contributed by atoms with E-state index in [0.717, 1.165) is 10.9 Å². The first-order valence-corrected chi connectivity index (χ1v) is 4.83. The van der Waals surface area contributed by atoms with Crippen LogP contribution in [0.1, 0.15) is 5.56 Å². The van der Waals surface area contributed by atoms with Crippen molar-refractivity contribution >= 4 is 11.0 Å². The molecule has 0 aliphatic rings. The molecule has 1 aromatic heterocycles. The highest BCUT2D eigenvalue weighted by molar-refractivity contribution is 5.87. The van der Waals surface area contributed by atoms with Gasteiger partial charge in [-0.05, 0) is 13.0 Å². The zero-order valence-corrected chi connectivity index (χ0v) is 9.37. The standard InChI is InChI=1S/C12H12O4/c1-7-8-4-5-11(13)16-12(8)10(15-3)6-9(7)14-2/h4-6H,1-3H3. The van der Waals surface area contributed by atoms with Crippen molar-refractivity contribution in [3.63, 3.8) is 0 Å². The molecule has 1 heterocycles. The first-order chi connectivity index (χ1) is 7.67. The Morgan fingerprint density at radius 2 is 1.81 bits per heavy atom. The topological polar surface area (TPSA) is 48.7 Å². The van der Waals surface area contributed by atoms with E-state index in [1.807, 2.05) is 6.92 Å². The van der Waals surface area contributed by atoms with Gasteiger partial charge < -0.3 is 13.9 Å². The molecule has 0 fully saturated rings. The van der Waals surface area contributed by atoms with E-state index in [4.69, 9.17) is 13.9 Å². The number of fused-ring (bicyclic) bond motifs is 1. The number of hydrogen-bond acceptors (Lipinski definition) is 4. The predicted octanol–water partition coefficient (Wildman–Crippen LogP) is 2.12. The van der Waals surface area contributed by atoms with Gasteiger partial charge in [0.15, 0.2) is 11.3 Å². The lowest BCUT2D eigenvalue weighted by atomic mass is 10.1. The minimum atomic E-state index is -0.393. The monoisotopic (exact) mass is 220 g/mol. The summed E-state index contributed by atoms with van der Waals surface area (Å²) in [5, 5.41) is 0.816. The smallest absolute Gasteiger partial charge is 0.336 e. The highest BCUT2D eigenvalue weighted by atomic mass is 16.5. The summed E-state index contributed by atoms with van der Waals surface area (Å²) in [5.74, 6) is 1.20. The molecule has 0 aliphatic carbocycles. The Bertz CT molecular complexity index is 583. The number of aryl methyl sites for hydroxylation is 1. The molecule has 0 radical (unpaired) electrons. The second-order valence-electron chi connectivity index (χ2n) is 3.40. The molecule has 0 spiro atoms. The summed E-state index contributed by atoms with van der Waals surface area (Å²) in [6.45, 7) is 1.90. The summed E-state index contributed by atoms with van der Waals surface area (Å²) in [6, 6.07) is 4.80. The molecule has 0 N–H and O–H groups in total. The molecule has 4 nitrogen and oxygen atoms in total. The number of methoxy groups -OCH3 is 2. The van der Waals surface area contributed by atoms with Gasteiger partial charge in [0.05, 0.1) is 14.2 Å². The fourth-order valence-electron chi connectivity index (χ4n) is 1.68. The van der Waals surface area contributed by atoms with Gasteiger partial charge in [0.25, 0.3) is 0 Å². The Morgan fingerprint density at radius 1 is 1.12 bits per heavy atom. The maximum Gasteiger partial charge on any atom is 0.336 e. The third kappa shape index (κ3) is 1.52. The van der Waals surface area contributed by atoms with Crippen LogP contribution in [-0.2, 0) is 0 Å². The molecule has 0 aliphatic heterocycles. The van der Waals surface area contributed by atoms with Gasteiger partial charge in [0, 0.05) is 23.1 Å². The van der Waals surface area contributed by atoms with Crippen molar-refractivity contribution < 1.29 is 13.9 Å². The van der Waals surface area contributed by atoms with Crippen molar-refractivity contribution in [1.82, 2.24) is 0 Å². The summed E-state index contributed by atoms with van der Waals surface area (Å²) < 4.78 is 15.5. The van der Waals surface area contributed by atoms with E-state index < -0.39 is 5.63 Å². The summed E-state index contributed by atoms with van der Waals surface area (Å²) in [6.07, 6.45) is 0. The van der Waals surface area contributed by atoms with Crippen molar-refractivity contribution in [1.29, 1.82) is 0 Å². The van der Waals surface area contributed by atoms with Gasteiger partial charge in [-0.25, -0.2) is 4.79 Å². The Hall–Kier alpha value is -1.97. The zero-order chi connectivity index (χ0) is 11.7. The number of benzene rings is 1. The number of hydrogen-bond donors (Lipinski definition) is 0. The van der Waals surface area contributed by atoms with E-state index in [1.54, 1.807) is 19.2 Å². The van der Waals surface area contributed by atoms with Crippen LogP contribution >= 0.6 is 0 Å². The molecule has 1 aromatic carbocycles. The molecule has 2 rings (SSSR count). The molecule has 0 saturated carbocycles. The van der Waals surface area contributed by atoms with E-state index in [2.05, 4.69) is 0 Å². The molecular weight excluding hydrogens is 208 g/mol. The maximum absolute atomic E-state index is 11.2. The Kier molecular flexibility index (Phi) is 2.56. The molecule has 0 saturated heterocycles. The van der Waals surface area contributed by atoms with Crippen LogP contribution in [0, 0.1) is 6.92 Å². The lowest BCUT2D eigenvalue weighted by Crippen LogP contribution is -1.98. The van der Waals surface area contributed by atoms with Crippen molar-refractivity contribution in [2.75, 3.05) is 14.2 Å². The van der Waals surface area contributed by atoms with Crippen LogP contribution < -0.4 is 15.1 Å². The Balaban J connectivity index is 2.90.